The largest absolute Gasteiger partial charge is 0.484 e. The Labute approximate surface area is 222 Å². The van der Waals surface area contributed by atoms with Crippen molar-refractivity contribution in [2.75, 3.05) is 44.4 Å². The Hall–Kier alpha value is -2.93. The zero-order valence-corrected chi connectivity index (χ0v) is 23.5. The molecule has 1 aromatic heterocycles. The number of anilines is 1. The maximum Gasteiger partial charge on any atom is 0.347 e. The first-order valence-electron chi connectivity index (χ1n) is 12.1. The van der Waals surface area contributed by atoms with Gasteiger partial charge in [0.2, 0.25) is 5.82 Å². The zero-order chi connectivity index (χ0) is 27.8. The van der Waals surface area contributed by atoms with Gasteiger partial charge in [0.1, 0.15) is 6.61 Å². The minimum Gasteiger partial charge on any atom is -0.484 e. The molecule has 0 spiro atoms. The Kier molecular flexibility index (Phi) is 11.1. The van der Waals surface area contributed by atoms with Crippen LogP contribution in [0.25, 0.3) is 0 Å². The van der Waals surface area contributed by atoms with Crippen LogP contribution in [0.2, 0.25) is 0 Å². The number of nitrogens with zero attached hydrogens (tertiary/aromatic N) is 4. The second kappa shape index (κ2) is 13.6. The molecular formula is C24H38N4O8S. The molecular weight excluding hydrogens is 504 g/mol. The van der Waals surface area contributed by atoms with Gasteiger partial charge in [-0.15, -0.1) is 4.37 Å². The second-order valence-electron chi connectivity index (χ2n) is 9.70. The normalized spacial score (nSPS) is 16.2. The minimum absolute atomic E-state index is 0.0239. The predicted molar refractivity (Wildman–Crippen MR) is 136 cm³/mol. The van der Waals surface area contributed by atoms with Gasteiger partial charge >= 0.3 is 11.9 Å². The summed E-state index contributed by atoms with van der Waals surface area (Å²) in [5.41, 5.74) is -0.683. The molecule has 12 nitrogen and oxygen atoms in total. The third-order valence-electron chi connectivity index (χ3n) is 5.30. The van der Waals surface area contributed by atoms with E-state index < -0.39 is 41.7 Å². The maximum absolute atomic E-state index is 13.2. The van der Waals surface area contributed by atoms with Crippen LogP contribution in [0.5, 0.6) is 5.88 Å². The number of hydrogen-bond donors (Lipinski definition) is 0. The highest BCUT2D eigenvalue weighted by molar-refractivity contribution is 6.99. The maximum atomic E-state index is 13.2. The van der Waals surface area contributed by atoms with Crippen LogP contribution >= 0.6 is 11.7 Å². The van der Waals surface area contributed by atoms with Crippen molar-refractivity contribution < 1.29 is 38.1 Å². The lowest BCUT2D eigenvalue weighted by Crippen LogP contribution is -2.54. The van der Waals surface area contributed by atoms with Crippen molar-refractivity contribution in [2.24, 2.45) is 0 Å². The Bertz CT molecular complexity index is 941. The molecule has 3 atom stereocenters. The molecule has 2 rings (SSSR count). The number of hydrogen-bond acceptors (Lipinski definition) is 12. The van der Waals surface area contributed by atoms with Crippen molar-refractivity contribution >= 4 is 35.4 Å². The number of carbonyl (C=O) groups is 3. The summed E-state index contributed by atoms with van der Waals surface area (Å²) in [6.45, 7) is 17.4. The molecule has 0 bridgehead atoms. The van der Waals surface area contributed by atoms with Gasteiger partial charge in [0.25, 0.3) is 11.8 Å². The van der Waals surface area contributed by atoms with Crippen LogP contribution in [-0.2, 0) is 33.3 Å². The lowest BCUT2D eigenvalue weighted by atomic mass is 10.0. The topological polar surface area (TPSA) is 130 Å². The number of esters is 2. The van der Waals surface area contributed by atoms with Gasteiger partial charge in [-0.3, -0.25) is 9.59 Å². The van der Waals surface area contributed by atoms with E-state index in [2.05, 4.69) is 15.3 Å². The standard InChI is InChI=1S/C24H38N4O8S/c1-15(2)34-17(4)23(31)36-19(13-28(24(6,7)8)22(30)16(3)35-18(5)29)14-33-21-20(25-37-26-21)27-9-11-32-12-10-27/h16-17,19H,1,9-14H2,2-8H3/t16?,17?,19-/m0/s1. The molecule has 1 fully saturated rings. The Morgan fingerprint density at radius 3 is 2.30 bits per heavy atom. The van der Waals surface area contributed by atoms with Gasteiger partial charge in [-0.25, -0.2) is 4.79 Å². The molecule has 2 unspecified atom stereocenters. The molecule has 2 heterocycles. The van der Waals surface area contributed by atoms with Crippen molar-refractivity contribution in [1.82, 2.24) is 13.6 Å². The van der Waals surface area contributed by atoms with Gasteiger partial charge in [0.05, 0.1) is 37.2 Å². The van der Waals surface area contributed by atoms with Crippen molar-refractivity contribution in [1.29, 1.82) is 0 Å². The van der Waals surface area contributed by atoms with Gasteiger partial charge in [-0.2, -0.15) is 4.37 Å². The number of ether oxygens (including phenoxy) is 5. The fourth-order valence-corrected chi connectivity index (χ4v) is 4.08. The van der Waals surface area contributed by atoms with Crippen LogP contribution in [0.3, 0.4) is 0 Å². The van der Waals surface area contributed by atoms with Crippen LogP contribution in [0.15, 0.2) is 12.3 Å². The van der Waals surface area contributed by atoms with E-state index in [-0.39, 0.29) is 13.2 Å². The second-order valence-corrected chi connectivity index (χ2v) is 10.2. The molecule has 0 aromatic carbocycles. The lowest BCUT2D eigenvalue weighted by Gasteiger charge is -2.39. The van der Waals surface area contributed by atoms with Crippen molar-refractivity contribution in [3.63, 3.8) is 0 Å². The van der Waals surface area contributed by atoms with Crippen LogP contribution < -0.4 is 9.64 Å². The van der Waals surface area contributed by atoms with Gasteiger partial charge in [0, 0.05) is 25.6 Å². The number of aromatic nitrogens is 2. The molecule has 0 saturated carbocycles. The van der Waals surface area contributed by atoms with E-state index in [1.807, 2.05) is 25.7 Å². The quantitative estimate of drug-likeness (QED) is 0.285. The molecule has 1 aromatic rings. The van der Waals surface area contributed by atoms with E-state index in [1.165, 1.54) is 18.7 Å². The van der Waals surface area contributed by atoms with E-state index >= 15 is 0 Å². The van der Waals surface area contributed by atoms with E-state index in [9.17, 15) is 14.4 Å². The summed E-state index contributed by atoms with van der Waals surface area (Å²) in [5.74, 6) is -0.387. The number of morpholine rings is 1. The summed E-state index contributed by atoms with van der Waals surface area (Å²) in [7, 11) is 0. The van der Waals surface area contributed by atoms with Gasteiger partial charge < -0.3 is 33.5 Å². The summed E-state index contributed by atoms with van der Waals surface area (Å²) in [6, 6.07) is 0. The highest BCUT2D eigenvalue weighted by Gasteiger charge is 2.35. The highest BCUT2D eigenvalue weighted by Crippen LogP contribution is 2.27. The zero-order valence-electron chi connectivity index (χ0n) is 22.6. The third-order valence-corrected chi connectivity index (χ3v) is 5.81. The molecule has 1 aliphatic heterocycles. The predicted octanol–water partition coefficient (Wildman–Crippen LogP) is 2.18. The fourth-order valence-electron chi connectivity index (χ4n) is 3.56. The average molecular weight is 543 g/mol. The fraction of sp³-hybridized carbons (Fsp3) is 0.708. The first-order valence-corrected chi connectivity index (χ1v) is 12.8. The summed E-state index contributed by atoms with van der Waals surface area (Å²) in [6.07, 6.45) is -2.82. The molecule has 1 aliphatic rings. The molecule has 0 N–H and O–H groups in total. The number of carbonyl (C=O) groups excluding carboxylic acids is 3. The average Bonchev–Trinajstić information content (AvgIpc) is 3.27. The summed E-state index contributed by atoms with van der Waals surface area (Å²) in [5, 5.41) is 0. The van der Waals surface area contributed by atoms with Crippen LogP contribution in [-0.4, -0.2) is 94.8 Å². The van der Waals surface area contributed by atoms with Gasteiger partial charge in [-0.1, -0.05) is 6.58 Å². The number of amides is 1. The molecule has 37 heavy (non-hydrogen) atoms. The van der Waals surface area contributed by atoms with Gasteiger partial charge in [0.15, 0.2) is 18.3 Å². The Morgan fingerprint density at radius 1 is 1.08 bits per heavy atom. The number of rotatable bonds is 12. The molecule has 208 valence electrons. The molecule has 1 amide bonds. The smallest absolute Gasteiger partial charge is 0.347 e. The van der Waals surface area contributed by atoms with Crippen molar-refractivity contribution in [3.8, 4) is 5.88 Å². The van der Waals surface area contributed by atoms with Gasteiger partial charge in [-0.05, 0) is 41.5 Å². The summed E-state index contributed by atoms with van der Waals surface area (Å²) < 4.78 is 36.2. The van der Waals surface area contributed by atoms with Crippen LogP contribution in [0.4, 0.5) is 5.82 Å². The lowest BCUT2D eigenvalue weighted by molar-refractivity contribution is -0.168. The van der Waals surface area contributed by atoms with E-state index in [4.69, 9.17) is 23.7 Å². The van der Waals surface area contributed by atoms with Crippen molar-refractivity contribution in [3.05, 3.63) is 12.3 Å². The molecule has 0 radical (unpaired) electrons. The highest BCUT2D eigenvalue weighted by atomic mass is 32.1. The van der Waals surface area contributed by atoms with E-state index in [1.54, 1.807) is 13.8 Å². The number of allylic oxidation sites excluding steroid dienone is 1. The van der Waals surface area contributed by atoms with Crippen molar-refractivity contribution in [2.45, 2.75) is 72.3 Å². The minimum atomic E-state index is -1.02. The van der Waals surface area contributed by atoms with E-state index in [0.29, 0.717) is 43.8 Å². The third kappa shape index (κ3) is 9.47. The SMILES string of the molecule is C=C(C)OC(C)C(=O)O[C@H](COc1nsnc1N1CCOCC1)CN(C(=O)C(C)OC(C)=O)C(C)(C)C. The first-order chi connectivity index (χ1) is 17.3. The van der Waals surface area contributed by atoms with Crippen LogP contribution in [0.1, 0.15) is 48.5 Å². The van der Waals surface area contributed by atoms with E-state index in [0.717, 1.165) is 11.7 Å². The molecule has 0 aliphatic carbocycles. The Balaban J connectivity index is 2.24. The monoisotopic (exact) mass is 542 g/mol. The Morgan fingerprint density at radius 2 is 1.73 bits per heavy atom. The molecule has 1 saturated heterocycles. The summed E-state index contributed by atoms with van der Waals surface area (Å²) >= 11 is 1.01. The van der Waals surface area contributed by atoms with Crippen LogP contribution in [0, 0.1) is 0 Å². The molecule has 13 heteroatoms. The first kappa shape index (κ1) is 30.3. The summed E-state index contributed by atoms with van der Waals surface area (Å²) in [4.78, 5) is 40.9.